The Labute approximate surface area is 165 Å². The number of imide groups is 1. The summed E-state index contributed by atoms with van der Waals surface area (Å²) in [4.78, 5) is 36.4. The second kappa shape index (κ2) is 8.96. The first-order chi connectivity index (χ1) is 13.6. The molecule has 0 saturated heterocycles. The molecule has 3 aromatic rings. The number of carbonyl (C=O) groups is 3. The normalized spacial score (nSPS) is 10.3. The van der Waals surface area contributed by atoms with Gasteiger partial charge >= 0.3 is 12.0 Å². The van der Waals surface area contributed by atoms with Crippen molar-refractivity contribution in [2.24, 2.45) is 0 Å². The molecule has 0 aliphatic rings. The van der Waals surface area contributed by atoms with Crippen molar-refractivity contribution in [1.82, 2.24) is 20.4 Å². The zero-order chi connectivity index (χ0) is 19.9. The fourth-order valence-corrected chi connectivity index (χ4v) is 3.13. The number of benzene rings is 1. The zero-order valence-electron chi connectivity index (χ0n) is 15.0. The number of esters is 1. The second-order valence-corrected chi connectivity index (χ2v) is 6.58. The van der Waals surface area contributed by atoms with E-state index in [1.165, 1.54) is 11.3 Å². The van der Waals surface area contributed by atoms with E-state index in [0.717, 1.165) is 10.6 Å². The molecule has 1 aromatic carbocycles. The van der Waals surface area contributed by atoms with Gasteiger partial charge < -0.3 is 10.1 Å². The number of aromatic nitrogens is 2. The standard InChI is InChI=1S/C19H18N4O4S/c1-2-20-19(26)21-16(24)12-27-18(25)14-11-23(13-7-4-3-5-8-13)22-17(14)15-9-6-10-28-15/h3-11H,2,12H2,1H3,(H2,20,21,24,26). The van der Waals surface area contributed by atoms with E-state index in [-0.39, 0.29) is 5.56 Å². The summed E-state index contributed by atoms with van der Waals surface area (Å²) in [6.07, 6.45) is 1.56. The van der Waals surface area contributed by atoms with Crippen LogP contribution in [0.5, 0.6) is 0 Å². The molecule has 0 aliphatic heterocycles. The molecule has 0 atom stereocenters. The molecule has 9 heteroatoms. The van der Waals surface area contributed by atoms with E-state index < -0.39 is 24.5 Å². The van der Waals surface area contributed by atoms with Gasteiger partial charge in [-0.3, -0.25) is 10.1 Å². The summed E-state index contributed by atoms with van der Waals surface area (Å²) in [5.41, 5.74) is 1.48. The van der Waals surface area contributed by atoms with Crippen LogP contribution in [0.15, 0.2) is 54.0 Å². The van der Waals surface area contributed by atoms with E-state index in [1.54, 1.807) is 17.8 Å². The summed E-state index contributed by atoms with van der Waals surface area (Å²) >= 11 is 1.44. The third kappa shape index (κ3) is 4.63. The highest BCUT2D eigenvalue weighted by molar-refractivity contribution is 7.13. The number of nitrogens with one attached hydrogen (secondary N) is 2. The van der Waals surface area contributed by atoms with Gasteiger partial charge in [0.1, 0.15) is 11.3 Å². The fourth-order valence-electron chi connectivity index (χ4n) is 2.41. The molecule has 2 N–H and O–H groups in total. The second-order valence-electron chi connectivity index (χ2n) is 5.63. The number of hydrogen-bond donors (Lipinski definition) is 2. The number of carbonyl (C=O) groups excluding carboxylic acids is 3. The third-order valence-electron chi connectivity index (χ3n) is 3.63. The van der Waals surface area contributed by atoms with Gasteiger partial charge in [-0.05, 0) is 30.5 Å². The number of amides is 3. The minimum absolute atomic E-state index is 0.233. The molecule has 0 bridgehead atoms. The first-order valence-corrected chi connectivity index (χ1v) is 9.40. The Kier molecular flexibility index (Phi) is 6.18. The van der Waals surface area contributed by atoms with Gasteiger partial charge in [-0.25, -0.2) is 14.3 Å². The summed E-state index contributed by atoms with van der Waals surface area (Å²) in [5.74, 6) is -1.41. The predicted molar refractivity (Wildman–Crippen MR) is 104 cm³/mol. The average molecular weight is 398 g/mol. The summed E-state index contributed by atoms with van der Waals surface area (Å²) in [6, 6.07) is 12.4. The van der Waals surface area contributed by atoms with Crippen LogP contribution in [0.1, 0.15) is 17.3 Å². The molecule has 3 rings (SSSR count). The molecule has 0 unspecified atom stereocenters. The number of ether oxygens (including phenoxy) is 1. The van der Waals surface area contributed by atoms with Gasteiger partial charge in [-0.1, -0.05) is 24.3 Å². The van der Waals surface area contributed by atoms with E-state index in [2.05, 4.69) is 15.7 Å². The highest BCUT2D eigenvalue weighted by Gasteiger charge is 2.21. The van der Waals surface area contributed by atoms with E-state index in [9.17, 15) is 14.4 Å². The van der Waals surface area contributed by atoms with Crippen LogP contribution in [0.3, 0.4) is 0 Å². The molecule has 8 nitrogen and oxygen atoms in total. The van der Waals surface area contributed by atoms with Crippen molar-refractivity contribution in [1.29, 1.82) is 0 Å². The molecular weight excluding hydrogens is 380 g/mol. The maximum Gasteiger partial charge on any atom is 0.342 e. The quantitative estimate of drug-likeness (QED) is 0.622. The van der Waals surface area contributed by atoms with Gasteiger partial charge in [-0.15, -0.1) is 11.3 Å². The Morgan fingerprint density at radius 1 is 1.14 bits per heavy atom. The van der Waals surface area contributed by atoms with E-state index in [1.807, 2.05) is 47.8 Å². The molecule has 144 valence electrons. The molecule has 0 aliphatic carbocycles. The monoisotopic (exact) mass is 398 g/mol. The van der Waals surface area contributed by atoms with Crippen molar-refractivity contribution in [2.45, 2.75) is 6.92 Å². The van der Waals surface area contributed by atoms with Crippen LogP contribution in [0.4, 0.5) is 4.79 Å². The Hall–Kier alpha value is -3.46. The first-order valence-electron chi connectivity index (χ1n) is 8.52. The molecule has 0 fully saturated rings. The molecule has 2 heterocycles. The minimum atomic E-state index is -0.715. The van der Waals surface area contributed by atoms with Crippen molar-refractivity contribution in [3.63, 3.8) is 0 Å². The predicted octanol–water partition coefficient (Wildman–Crippen LogP) is 2.60. The van der Waals surface area contributed by atoms with Crippen LogP contribution < -0.4 is 10.6 Å². The molecule has 0 spiro atoms. The Morgan fingerprint density at radius 3 is 2.61 bits per heavy atom. The Morgan fingerprint density at radius 2 is 1.93 bits per heavy atom. The Balaban J connectivity index is 1.78. The van der Waals surface area contributed by atoms with Crippen LogP contribution in [0, 0.1) is 0 Å². The van der Waals surface area contributed by atoms with Gasteiger partial charge in [0.25, 0.3) is 5.91 Å². The van der Waals surface area contributed by atoms with Crippen LogP contribution in [-0.4, -0.2) is 40.8 Å². The SMILES string of the molecule is CCNC(=O)NC(=O)COC(=O)c1cn(-c2ccccc2)nc1-c1cccs1. The van der Waals surface area contributed by atoms with E-state index in [4.69, 9.17) is 4.74 Å². The van der Waals surface area contributed by atoms with Gasteiger partial charge in [0.2, 0.25) is 0 Å². The number of urea groups is 1. The summed E-state index contributed by atoms with van der Waals surface area (Å²) in [7, 11) is 0. The molecule has 0 radical (unpaired) electrons. The van der Waals surface area contributed by atoms with Crippen molar-refractivity contribution in [3.05, 3.63) is 59.6 Å². The zero-order valence-corrected chi connectivity index (χ0v) is 15.9. The van der Waals surface area contributed by atoms with Crippen molar-refractivity contribution < 1.29 is 19.1 Å². The maximum atomic E-state index is 12.6. The summed E-state index contributed by atoms with van der Waals surface area (Å²) < 4.78 is 6.66. The number of rotatable bonds is 6. The summed E-state index contributed by atoms with van der Waals surface area (Å²) in [5, 5.41) is 10.9. The molecule has 28 heavy (non-hydrogen) atoms. The Bertz CT molecular complexity index is 967. The largest absolute Gasteiger partial charge is 0.452 e. The third-order valence-corrected chi connectivity index (χ3v) is 4.51. The molecule has 2 aromatic heterocycles. The fraction of sp³-hybridized carbons (Fsp3) is 0.158. The molecular formula is C19H18N4O4S. The highest BCUT2D eigenvalue weighted by atomic mass is 32.1. The topological polar surface area (TPSA) is 102 Å². The average Bonchev–Trinajstić information content (AvgIpc) is 3.36. The first kappa shape index (κ1) is 19.3. The van der Waals surface area contributed by atoms with Crippen LogP contribution in [0.2, 0.25) is 0 Å². The van der Waals surface area contributed by atoms with E-state index >= 15 is 0 Å². The van der Waals surface area contributed by atoms with Crippen LogP contribution in [-0.2, 0) is 9.53 Å². The lowest BCUT2D eigenvalue weighted by Gasteiger charge is -2.06. The number of para-hydroxylation sites is 1. The molecule has 0 saturated carbocycles. The lowest BCUT2D eigenvalue weighted by atomic mass is 10.2. The van der Waals surface area contributed by atoms with Crippen molar-refractivity contribution in [3.8, 4) is 16.3 Å². The van der Waals surface area contributed by atoms with Gasteiger partial charge in [0.05, 0.1) is 10.6 Å². The number of nitrogens with zero attached hydrogens (tertiary/aromatic N) is 2. The number of hydrogen-bond acceptors (Lipinski definition) is 6. The smallest absolute Gasteiger partial charge is 0.342 e. The van der Waals surface area contributed by atoms with Crippen molar-refractivity contribution >= 4 is 29.2 Å². The maximum absolute atomic E-state index is 12.6. The lowest BCUT2D eigenvalue weighted by molar-refractivity contribution is -0.123. The van der Waals surface area contributed by atoms with Crippen LogP contribution in [0.25, 0.3) is 16.3 Å². The minimum Gasteiger partial charge on any atom is -0.452 e. The van der Waals surface area contributed by atoms with Crippen LogP contribution >= 0.6 is 11.3 Å². The van der Waals surface area contributed by atoms with Crippen molar-refractivity contribution in [2.75, 3.05) is 13.2 Å². The van der Waals surface area contributed by atoms with Gasteiger partial charge in [0, 0.05) is 12.7 Å². The summed E-state index contributed by atoms with van der Waals surface area (Å²) in [6.45, 7) is 1.53. The van der Waals surface area contributed by atoms with Gasteiger partial charge in [-0.2, -0.15) is 5.10 Å². The van der Waals surface area contributed by atoms with E-state index in [0.29, 0.717) is 12.2 Å². The number of thiophene rings is 1. The highest BCUT2D eigenvalue weighted by Crippen LogP contribution is 2.28. The molecule has 3 amide bonds. The lowest BCUT2D eigenvalue weighted by Crippen LogP contribution is -2.41. The van der Waals surface area contributed by atoms with Gasteiger partial charge in [0.15, 0.2) is 6.61 Å².